The molecule has 0 aromatic heterocycles. The van der Waals surface area contributed by atoms with Gasteiger partial charge in [0.1, 0.15) is 5.75 Å². The van der Waals surface area contributed by atoms with Gasteiger partial charge in [-0.3, -0.25) is 4.18 Å². The minimum atomic E-state index is -3.65. The van der Waals surface area contributed by atoms with Gasteiger partial charge in [-0.05, 0) is 29.2 Å². The Morgan fingerprint density at radius 1 is 1.22 bits per heavy atom. The third-order valence-electron chi connectivity index (χ3n) is 2.01. The zero-order chi connectivity index (χ0) is 14.0. The summed E-state index contributed by atoms with van der Waals surface area (Å²) >= 11 is 11.7. The molecular weight excluding hydrogens is 295 g/mol. The van der Waals surface area contributed by atoms with E-state index in [1.807, 2.05) is 20.8 Å². The second kappa shape index (κ2) is 5.78. The summed E-state index contributed by atoms with van der Waals surface area (Å²) in [5.41, 5.74) is 0.226. The van der Waals surface area contributed by atoms with Crippen LogP contribution in [0.2, 0.25) is 10.0 Å². The van der Waals surface area contributed by atoms with Gasteiger partial charge in [-0.1, -0.05) is 44.0 Å². The monoisotopic (exact) mass is 310 g/mol. The zero-order valence-corrected chi connectivity index (χ0v) is 12.9. The Kier molecular flexibility index (Phi) is 5.06. The first-order chi connectivity index (χ1) is 8.09. The van der Waals surface area contributed by atoms with Crippen molar-refractivity contribution < 1.29 is 12.6 Å². The molecule has 1 aromatic rings. The minimum Gasteiger partial charge on any atom is -0.269 e. The number of halogens is 2. The lowest BCUT2D eigenvalue weighted by atomic mass is 9.99. The molecule has 0 atom stereocenters. The van der Waals surface area contributed by atoms with Crippen LogP contribution in [0.25, 0.3) is 0 Å². The van der Waals surface area contributed by atoms with Crippen molar-refractivity contribution >= 4 is 33.3 Å². The fourth-order valence-electron chi connectivity index (χ4n) is 1.15. The minimum absolute atomic E-state index is 0.132. The maximum absolute atomic E-state index is 11.8. The van der Waals surface area contributed by atoms with Crippen LogP contribution in [0.3, 0.4) is 0 Å². The molecule has 0 bridgehead atoms. The molecular formula is C12H16Cl2O3S. The molecule has 0 aliphatic carbocycles. The van der Waals surface area contributed by atoms with Gasteiger partial charge in [0, 0.05) is 10.0 Å². The van der Waals surface area contributed by atoms with E-state index in [1.54, 1.807) is 12.1 Å². The summed E-state index contributed by atoms with van der Waals surface area (Å²) < 4.78 is 28.5. The summed E-state index contributed by atoms with van der Waals surface area (Å²) in [5, 5.41) is 0.808. The van der Waals surface area contributed by atoms with Gasteiger partial charge in [0.2, 0.25) is 0 Å². The Morgan fingerprint density at radius 3 is 2.39 bits per heavy atom. The van der Waals surface area contributed by atoms with Crippen LogP contribution in [-0.4, -0.2) is 15.0 Å². The highest BCUT2D eigenvalue weighted by Crippen LogP contribution is 2.24. The fourth-order valence-corrected chi connectivity index (χ4v) is 2.85. The van der Waals surface area contributed by atoms with Crippen LogP contribution in [0.5, 0.6) is 0 Å². The highest BCUT2D eigenvalue weighted by atomic mass is 35.5. The third-order valence-corrected chi connectivity index (χ3v) is 3.76. The molecule has 0 saturated heterocycles. The number of benzene rings is 1. The molecule has 0 heterocycles. The highest BCUT2D eigenvalue weighted by Gasteiger charge is 2.19. The molecule has 0 amide bonds. The average Bonchev–Trinajstić information content (AvgIpc) is 2.20. The second-order valence-electron chi connectivity index (χ2n) is 5.26. The van der Waals surface area contributed by atoms with Crippen LogP contribution in [0.15, 0.2) is 18.2 Å². The summed E-state index contributed by atoms with van der Waals surface area (Å²) in [6.07, 6.45) is 0. The first kappa shape index (κ1) is 15.8. The molecule has 0 aliphatic heterocycles. The number of hydrogen-bond acceptors (Lipinski definition) is 3. The Morgan fingerprint density at radius 2 is 1.83 bits per heavy atom. The normalized spacial score (nSPS) is 12.7. The summed E-state index contributed by atoms with van der Waals surface area (Å²) in [6.45, 7) is 5.83. The topological polar surface area (TPSA) is 43.4 Å². The predicted molar refractivity (Wildman–Crippen MR) is 74.5 cm³/mol. The molecule has 1 rings (SSSR count). The smallest absolute Gasteiger partial charge is 0.269 e. The van der Waals surface area contributed by atoms with Crippen molar-refractivity contribution in [3.63, 3.8) is 0 Å². The Labute approximate surface area is 118 Å². The predicted octanol–water partition coefficient (Wildman–Crippen LogP) is 3.89. The van der Waals surface area contributed by atoms with Gasteiger partial charge in [-0.2, -0.15) is 8.42 Å². The van der Waals surface area contributed by atoms with Crippen molar-refractivity contribution in [1.82, 2.24) is 0 Å². The van der Waals surface area contributed by atoms with Crippen LogP contribution in [0, 0.1) is 5.41 Å². The second-order valence-corrected chi connectivity index (χ2v) is 7.74. The van der Waals surface area contributed by atoms with Gasteiger partial charge < -0.3 is 0 Å². The lowest BCUT2D eigenvalue weighted by Crippen LogP contribution is -2.19. The van der Waals surface area contributed by atoms with Gasteiger partial charge in [-0.15, -0.1) is 0 Å². The number of rotatable bonds is 4. The van der Waals surface area contributed by atoms with E-state index in [1.165, 1.54) is 6.07 Å². The van der Waals surface area contributed by atoms with Crippen LogP contribution in [0.1, 0.15) is 26.3 Å². The molecule has 0 N–H and O–H groups in total. The van der Waals surface area contributed by atoms with Gasteiger partial charge in [-0.25, -0.2) is 0 Å². The van der Waals surface area contributed by atoms with E-state index < -0.39 is 10.1 Å². The van der Waals surface area contributed by atoms with Gasteiger partial charge >= 0.3 is 0 Å². The van der Waals surface area contributed by atoms with Crippen LogP contribution >= 0.6 is 23.2 Å². The molecule has 0 saturated carbocycles. The average molecular weight is 311 g/mol. The molecule has 3 nitrogen and oxygen atoms in total. The molecule has 0 unspecified atom stereocenters. The van der Waals surface area contributed by atoms with Crippen molar-refractivity contribution in [3.05, 3.63) is 33.8 Å². The summed E-state index contributed by atoms with van der Waals surface area (Å²) in [5.74, 6) is -0.275. The zero-order valence-electron chi connectivity index (χ0n) is 10.5. The van der Waals surface area contributed by atoms with Gasteiger partial charge in [0.25, 0.3) is 10.1 Å². The molecule has 0 radical (unpaired) electrons. The first-order valence-corrected chi connectivity index (χ1v) is 7.73. The van der Waals surface area contributed by atoms with E-state index in [-0.39, 0.29) is 17.8 Å². The Bertz CT molecular complexity index is 519. The fraction of sp³-hybridized carbons (Fsp3) is 0.500. The maximum atomic E-state index is 11.8. The summed E-state index contributed by atoms with van der Waals surface area (Å²) in [6, 6.07) is 4.70. The lowest BCUT2D eigenvalue weighted by Gasteiger charge is -2.17. The van der Waals surface area contributed by atoms with Crippen LogP contribution in [0.4, 0.5) is 0 Å². The highest BCUT2D eigenvalue weighted by molar-refractivity contribution is 7.85. The van der Waals surface area contributed by atoms with Crippen molar-refractivity contribution in [3.8, 4) is 0 Å². The SMILES string of the molecule is CC(C)(C)COS(=O)(=O)Cc1cc(Cl)ccc1Cl. The third kappa shape index (κ3) is 5.57. The van der Waals surface area contributed by atoms with E-state index in [9.17, 15) is 8.42 Å². The molecule has 1 aromatic carbocycles. The van der Waals surface area contributed by atoms with Crippen molar-refractivity contribution in [1.29, 1.82) is 0 Å². The molecule has 6 heteroatoms. The standard InChI is InChI=1S/C12H16Cl2O3S/c1-12(2,3)8-17-18(15,16)7-9-6-10(13)4-5-11(9)14/h4-6H,7-8H2,1-3H3. The molecule has 0 aliphatic rings. The lowest BCUT2D eigenvalue weighted by molar-refractivity contribution is 0.203. The number of hydrogen-bond donors (Lipinski definition) is 0. The van der Waals surface area contributed by atoms with Crippen LogP contribution in [-0.2, 0) is 20.1 Å². The van der Waals surface area contributed by atoms with Crippen molar-refractivity contribution in [2.24, 2.45) is 5.41 Å². The molecule has 18 heavy (non-hydrogen) atoms. The van der Waals surface area contributed by atoms with Gasteiger partial charge in [0.05, 0.1) is 6.61 Å². The molecule has 102 valence electrons. The van der Waals surface area contributed by atoms with E-state index in [4.69, 9.17) is 27.4 Å². The maximum Gasteiger partial charge on any atom is 0.271 e. The van der Waals surface area contributed by atoms with E-state index in [0.717, 1.165) is 0 Å². The Balaban J connectivity index is 2.80. The quantitative estimate of drug-likeness (QED) is 0.792. The molecule has 0 fully saturated rings. The van der Waals surface area contributed by atoms with Crippen molar-refractivity contribution in [2.45, 2.75) is 26.5 Å². The van der Waals surface area contributed by atoms with E-state index >= 15 is 0 Å². The first-order valence-electron chi connectivity index (χ1n) is 5.40. The van der Waals surface area contributed by atoms with Crippen LogP contribution < -0.4 is 0 Å². The van der Waals surface area contributed by atoms with E-state index in [2.05, 4.69) is 0 Å². The van der Waals surface area contributed by atoms with Crippen molar-refractivity contribution in [2.75, 3.05) is 6.61 Å². The largest absolute Gasteiger partial charge is 0.271 e. The summed E-state index contributed by atoms with van der Waals surface area (Å²) in [4.78, 5) is 0. The molecule has 0 spiro atoms. The van der Waals surface area contributed by atoms with E-state index in [0.29, 0.717) is 15.6 Å². The Hall–Kier alpha value is -0.290. The summed E-state index contributed by atoms with van der Waals surface area (Å²) in [7, 11) is -3.65. The van der Waals surface area contributed by atoms with Gasteiger partial charge in [0.15, 0.2) is 0 Å².